The summed E-state index contributed by atoms with van der Waals surface area (Å²) in [5.41, 5.74) is 0. The number of hydrogen-bond donors (Lipinski definition) is 1. The van der Waals surface area contributed by atoms with E-state index in [2.05, 4.69) is 17.1 Å². The lowest BCUT2D eigenvalue weighted by atomic mass is 10.1. The zero-order valence-electron chi connectivity index (χ0n) is 9.47. The van der Waals surface area contributed by atoms with E-state index in [1.54, 1.807) is 0 Å². The van der Waals surface area contributed by atoms with Crippen LogP contribution in [0.25, 0.3) is 0 Å². The summed E-state index contributed by atoms with van der Waals surface area (Å²) in [7, 11) is 0. The molecule has 0 aromatic carbocycles. The molecule has 2 fully saturated rings. The van der Waals surface area contributed by atoms with Crippen molar-refractivity contribution in [3.8, 4) is 0 Å². The van der Waals surface area contributed by atoms with E-state index in [4.69, 9.17) is 0 Å². The average Bonchev–Trinajstić information content (AvgIpc) is 3.02. The van der Waals surface area contributed by atoms with Gasteiger partial charge in [-0.2, -0.15) is 0 Å². The highest BCUT2D eigenvalue weighted by Gasteiger charge is 2.33. The fourth-order valence-electron chi connectivity index (χ4n) is 2.61. The lowest BCUT2D eigenvalue weighted by molar-refractivity contribution is 0.177. The molecule has 1 atom stereocenters. The van der Waals surface area contributed by atoms with Crippen LogP contribution in [0.4, 0.5) is 0 Å². The maximum atomic E-state index is 3.58. The van der Waals surface area contributed by atoms with Gasteiger partial charge >= 0.3 is 0 Å². The molecule has 1 heterocycles. The summed E-state index contributed by atoms with van der Waals surface area (Å²) in [6, 6.07) is 1.78. The molecule has 0 radical (unpaired) electrons. The van der Waals surface area contributed by atoms with Crippen LogP contribution in [0.15, 0.2) is 0 Å². The zero-order valence-corrected chi connectivity index (χ0v) is 9.47. The molecule has 2 rings (SSSR count). The monoisotopic (exact) mass is 196 g/mol. The van der Waals surface area contributed by atoms with Gasteiger partial charge in [-0.25, -0.2) is 0 Å². The molecule has 0 amide bonds. The summed E-state index contributed by atoms with van der Waals surface area (Å²) in [5.74, 6) is 0. The minimum atomic E-state index is 0.838. The molecule has 0 aromatic rings. The summed E-state index contributed by atoms with van der Waals surface area (Å²) in [6.07, 6.45) is 8.44. The van der Waals surface area contributed by atoms with Crippen molar-refractivity contribution in [1.29, 1.82) is 0 Å². The normalized spacial score (nSPS) is 29.1. The largest absolute Gasteiger partial charge is 0.315 e. The van der Waals surface area contributed by atoms with Gasteiger partial charge in [0.1, 0.15) is 0 Å². The maximum Gasteiger partial charge on any atom is 0.0223 e. The van der Waals surface area contributed by atoms with Crippen molar-refractivity contribution in [3.63, 3.8) is 0 Å². The molecule has 0 bridgehead atoms. The van der Waals surface area contributed by atoms with Crippen molar-refractivity contribution in [2.24, 2.45) is 0 Å². The summed E-state index contributed by atoms with van der Waals surface area (Å²) in [4.78, 5) is 2.78. The summed E-state index contributed by atoms with van der Waals surface area (Å²) >= 11 is 0. The summed E-state index contributed by atoms with van der Waals surface area (Å²) in [5, 5.41) is 3.58. The van der Waals surface area contributed by atoms with Crippen LogP contribution in [-0.2, 0) is 0 Å². The molecule has 0 spiro atoms. The number of rotatable bonds is 4. The Morgan fingerprint density at radius 1 is 1.14 bits per heavy atom. The molecule has 1 unspecified atom stereocenters. The minimum absolute atomic E-state index is 0.838. The fourth-order valence-corrected chi connectivity index (χ4v) is 2.61. The van der Waals surface area contributed by atoms with Crippen LogP contribution >= 0.6 is 0 Å². The molecule has 2 nitrogen and oxygen atoms in total. The van der Waals surface area contributed by atoms with Crippen LogP contribution in [0.5, 0.6) is 0 Å². The molecule has 1 aliphatic carbocycles. The van der Waals surface area contributed by atoms with Crippen LogP contribution in [0.1, 0.15) is 45.4 Å². The smallest absolute Gasteiger partial charge is 0.0223 e. The molecule has 2 heteroatoms. The molecule has 82 valence electrons. The van der Waals surface area contributed by atoms with E-state index >= 15 is 0 Å². The number of hydrogen-bond acceptors (Lipinski definition) is 2. The third kappa shape index (κ3) is 2.71. The molecular weight excluding hydrogens is 172 g/mol. The van der Waals surface area contributed by atoms with E-state index < -0.39 is 0 Å². The van der Waals surface area contributed by atoms with Gasteiger partial charge in [-0.05, 0) is 45.2 Å². The topological polar surface area (TPSA) is 15.3 Å². The second-order valence-electron chi connectivity index (χ2n) is 4.82. The first-order valence-corrected chi connectivity index (χ1v) is 6.38. The van der Waals surface area contributed by atoms with Crippen molar-refractivity contribution < 1.29 is 0 Å². The van der Waals surface area contributed by atoms with Gasteiger partial charge in [0.2, 0.25) is 0 Å². The second kappa shape index (κ2) is 5.13. The van der Waals surface area contributed by atoms with Gasteiger partial charge in [-0.3, -0.25) is 4.90 Å². The van der Waals surface area contributed by atoms with E-state index in [9.17, 15) is 0 Å². The van der Waals surface area contributed by atoms with E-state index in [1.165, 1.54) is 58.2 Å². The zero-order chi connectivity index (χ0) is 9.80. The molecule has 0 aromatic heterocycles. The van der Waals surface area contributed by atoms with Gasteiger partial charge < -0.3 is 5.32 Å². The van der Waals surface area contributed by atoms with Gasteiger partial charge in [0.25, 0.3) is 0 Å². The second-order valence-corrected chi connectivity index (χ2v) is 4.82. The lowest BCUT2D eigenvalue weighted by Crippen LogP contribution is -2.43. The molecule has 1 N–H and O–H groups in total. The Morgan fingerprint density at radius 3 is 2.71 bits per heavy atom. The van der Waals surface area contributed by atoms with Crippen molar-refractivity contribution in [2.75, 3.05) is 19.6 Å². The van der Waals surface area contributed by atoms with Gasteiger partial charge in [0.15, 0.2) is 0 Å². The molecule has 1 aliphatic heterocycles. The van der Waals surface area contributed by atoms with Crippen LogP contribution in [0.2, 0.25) is 0 Å². The molecule has 14 heavy (non-hydrogen) atoms. The van der Waals surface area contributed by atoms with E-state index in [0.717, 1.165) is 12.1 Å². The van der Waals surface area contributed by atoms with Gasteiger partial charge in [-0.15, -0.1) is 0 Å². The SMILES string of the molecule is CCCN(C1CC1)C1CCCCNC1. The summed E-state index contributed by atoms with van der Waals surface area (Å²) < 4.78 is 0. The Balaban J connectivity index is 1.86. The first-order valence-electron chi connectivity index (χ1n) is 6.38. The van der Waals surface area contributed by atoms with E-state index in [-0.39, 0.29) is 0 Å². The van der Waals surface area contributed by atoms with Crippen molar-refractivity contribution in [3.05, 3.63) is 0 Å². The third-order valence-corrected chi connectivity index (χ3v) is 3.49. The van der Waals surface area contributed by atoms with Gasteiger partial charge in [0, 0.05) is 18.6 Å². The maximum absolute atomic E-state index is 3.58. The van der Waals surface area contributed by atoms with Crippen LogP contribution < -0.4 is 5.32 Å². The average molecular weight is 196 g/mol. The number of nitrogens with zero attached hydrogens (tertiary/aromatic N) is 1. The molecular formula is C12H24N2. The standard InChI is InChI=1S/C12H24N2/c1-2-9-14(11-6-7-11)12-5-3-4-8-13-10-12/h11-13H,2-10H2,1H3. The molecule has 1 saturated carbocycles. The first-order chi connectivity index (χ1) is 6.92. The highest BCUT2D eigenvalue weighted by atomic mass is 15.2. The van der Waals surface area contributed by atoms with E-state index in [1.807, 2.05) is 0 Å². The van der Waals surface area contributed by atoms with Crippen molar-refractivity contribution >= 4 is 0 Å². The van der Waals surface area contributed by atoms with Crippen LogP contribution in [0, 0.1) is 0 Å². The van der Waals surface area contributed by atoms with Crippen molar-refractivity contribution in [1.82, 2.24) is 10.2 Å². The highest BCUT2D eigenvalue weighted by Crippen LogP contribution is 2.30. The predicted molar refractivity (Wildman–Crippen MR) is 60.5 cm³/mol. The Kier molecular flexibility index (Phi) is 3.82. The van der Waals surface area contributed by atoms with Gasteiger partial charge in [-0.1, -0.05) is 13.3 Å². The number of nitrogens with one attached hydrogen (secondary N) is 1. The Morgan fingerprint density at radius 2 is 2.00 bits per heavy atom. The van der Waals surface area contributed by atoms with Crippen LogP contribution in [0.3, 0.4) is 0 Å². The molecule has 1 saturated heterocycles. The Bertz CT molecular complexity index is 158. The lowest BCUT2D eigenvalue weighted by Gasteiger charge is -2.30. The fraction of sp³-hybridized carbons (Fsp3) is 1.00. The predicted octanol–water partition coefficient (Wildman–Crippen LogP) is 2.00. The van der Waals surface area contributed by atoms with E-state index in [0.29, 0.717) is 0 Å². The molecule has 2 aliphatic rings. The quantitative estimate of drug-likeness (QED) is 0.740. The Labute approximate surface area is 88.1 Å². The van der Waals surface area contributed by atoms with Gasteiger partial charge in [0.05, 0.1) is 0 Å². The Hall–Kier alpha value is -0.0800. The van der Waals surface area contributed by atoms with Crippen LogP contribution in [-0.4, -0.2) is 36.6 Å². The minimum Gasteiger partial charge on any atom is -0.315 e. The first kappa shape index (κ1) is 10.4. The van der Waals surface area contributed by atoms with Crippen molar-refractivity contribution in [2.45, 2.75) is 57.5 Å². The summed E-state index contributed by atoms with van der Waals surface area (Å²) in [6.45, 7) is 6.09. The highest BCUT2D eigenvalue weighted by molar-refractivity contribution is 4.90. The third-order valence-electron chi connectivity index (χ3n) is 3.49.